The van der Waals surface area contributed by atoms with Gasteiger partial charge in [0.05, 0.1) is 19.5 Å². The van der Waals surface area contributed by atoms with E-state index in [9.17, 15) is 24.0 Å². The number of ether oxygens (including phenoxy) is 2. The maximum atomic E-state index is 13.9. The van der Waals surface area contributed by atoms with E-state index in [1.54, 1.807) is 41.3 Å². The molecule has 14 heteroatoms. The minimum Gasteiger partial charge on any atom is -0.444 e. The molecule has 5 amide bonds. The zero-order valence-corrected chi connectivity index (χ0v) is 29.5. The molecule has 3 N–H and O–H groups in total. The highest BCUT2D eigenvalue weighted by molar-refractivity contribution is 5.98. The Kier molecular flexibility index (Phi) is 12.4. The van der Waals surface area contributed by atoms with Gasteiger partial charge >= 0.3 is 6.09 Å². The molecular formula is C36H47N7O7. The first-order valence-electron chi connectivity index (χ1n) is 16.5. The topological polar surface area (TPSA) is 164 Å². The van der Waals surface area contributed by atoms with Crippen LogP contribution in [-0.4, -0.2) is 99.0 Å². The summed E-state index contributed by atoms with van der Waals surface area (Å²) < 4.78 is 12.8. The van der Waals surface area contributed by atoms with Gasteiger partial charge in [0, 0.05) is 39.3 Å². The summed E-state index contributed by atoms with van der Waals surface area (Å²) in [5, 5.41) is 7.98. The van der Waals surface area contributed by atoms with Crippen molar-refractivity contribution in [1.29, 1.82) is 0 Å². The molecule has 2 aromatic carbocycles. The number of amides is 5. The van der Waals surface area contributed by atoms with Crippen LogP contribution in [-0.2, 0) is 35.3 Å². The lowest BCUT2D eigenvalue weighted by Gasteiger charge is -2.36. The average Bonchev–Trinajstić information content (AvgIpc) is 3.51. The number of piperazine rings is 1. The van der Waals surface area contributed by atoms with E-state index in [1.165, 1.54) is 27.1 Å². The molecule has 3 aromatic rings. The van der Waals surface area contributed by atoms with Gasteiger partial charge in [-0.3, -0.25) is 19.2 Å². The minimum atomic E-state index is -1.44. The first-order chi connectivity index (χ1) is 23.6. The number of imidazole rings is 1. The smallest absolute Gasteiger partial charge is 0.408 e. The molecule has 1 aliphatic heterocycles. The molecular weight excluding hydrogens is 642 g/mol. The SMILES string of the molecule is CC(=O)N1CCN(C(=O)C(c2ccccc2)n2cnc(NC(=O)[C@@H](COCc3ccccc3)NC(=O)C(C)(C)NC(=O)OC(C)(C)C)c2)CC1. The molecule has 0 bridgehead atoms. The first-order valence-corrected chi connectivity index (χ1v) is 16.5. The van der Waals surface area contributed by atoms with Gasteiger partial charge in [-0.15, -0.1) is 0 Å². The molecule has 50 heavy (non-hydrogen) atoms. The maximum absolute atomic E-state index is 13.9. The molecule has 268 valence electrons. The van der Waals surface area contributed by atoms with Gasteiger partial charge in [-0.2, -0.15) is 0 Å². The van der Waals surface area contributed by atoms with E-state index in [2.05, 4.69) is 20.9 Å². The molecule has 2 atom stereocenters. The van der Waals surface area contributed by atoms with Gasteiger partial charge in [-0.1, -0.05) is 60.7 Å². The van der Waals surface area contributed by atoms with Crippen molar-refractivity contribution in [2.75, 3.05) is 38.1 Å². The molecule has 1 fully saturated rings. The number of hydrogen-bond acceptors (Lipinski definition) is 8. The Bertz CT molecular complexity index is 1630. The molecule has 4 rings (SSSR count). The standard InChI is InChI=1S/C36H47N7O7/c1-25(44)41-17-19-42(20-18-41)32(46)30(27-15-11-8-12-16-27)43-21-29(37-24-43)39-31(45)28(23-49-22-26-13-9-7-10-14-26)38-33(47)36(5,6)40-34(48)50-35(2,3)4/h7-16,21,24,28,30H,17-20,22-23H2,1-6H3,(H,38,47)(H,39,45)(H,40,48)/t28-,30?/m1/s1. The lowest BCUT2D eigenvalue weighted by Crippen LogP contribution is -2.59. The van der Waals surface area contributed by atoms with Crippen molar-refractivity contribution in [3.05, 3.63) is 84.3 Å². The minimum absolute atomic E-state index is 0.0328. The largest absolute Gasteiger partial charge is 0.444 e. The van der Waals surface area contributed by atoms with Crippen LogP contribution in [0.5, 0.6) is 0 Å². The van der Waals surface area contributed by atoms with Gasteiger partial charge in [-0.25, -0.2) is 9.78 Å². The molecule has 0 saturated carbocycles. The van der Waals surface area contributed by atoms with Crippen molar-refractivity contribution in [3.63, 3.8) is 0 Å². The van der Waals surface area contributed by atoms with Crippen molar-refractivity contribution in [2.45, 2.75) is 71.4 Å². The van der Waals surface area contributed by atoms with Gasteiger partial charge in [-0.05, 0) is 45.7 Å². The van der Waals surface area contributed by atoms with Gasteiger partial charge in [0.1, 0.15) is 23.2 Å². The number of hydrogen-bond donors (Lipinski definition) is 3. The highest BCUT2D eigenvalue weighted by Crippen LogP contribution is 2.24. The Morgan fingerprint density at radius 3 is 2.06 bits per heavy atom. The van der Waals surface area contributed by atoms with Crippen LogP contribution < -0.4 is 16.0 Å². The molecule has 1 aliphatic rings. The summed E-state index contributed by atoms with van der Waals surface area (Å²) in [5.74, 6) is -1.31. The number of alkyl carbamates (subject to hydrolysis) is 1. The van der Waals surface area contributed by atoms with E-state index < -0.39 is 41.1 Å². The Labute approximate surface area is 292 Å². The zero-order valence-electron chi connectivity index (χ0n) is 29.5. The summed E-state index contributed by atoms with van der Waals surface area (Å²) >= 11 is 0. The fourth-order valence-electron chi connectivity index (χ4n) is 5.25. The molecule has 1 unspecified atom stereocenters. The predicted molar refractivity (Wildman–Crippen MR) is 186 cm³/mol. The Morgan fingerprint density at radius 2 is 1.46 bits per heavy atom. The van der Waals surface area contributed by atoms with Crippen molar-refractivity contribution in [2.24, 2.45) is 0 Å². The third-order valence-corrected chi connectivity index (χ3v) is 7.94. The molecule has 2 heterocycles. The fourth-order valence-corrected chi connectivity index (χ4v) is 5.25. The number of rotatable bonds is 12. The number of aromatic nitrogens is 2. The van der Waals surface area contributed by atoms with Gasteiger partial charge < -0.3 is 39.8 Å². The highest BCUT2D eigenvalue weighted by Gasteiger charge is 2.35. The highest BCUT2D eigenvalue weighted by atomic mass is 16.6. The summed E-state index contributed by atoms with van der Waals surface area (Å²) in [6.07, 6.45) is 2.23. The van der Waals surface area contributed by atoms with E-state index in [-0.39, 0.29) is 30.8 Å². The summed E-state index contributed by atoms with van der Waals surface area (Å²) in [4.78, 5) is 73.0. The van der Waals surface area contributed by atoms with Gasteiger partial charge in [0.25, 0.3) is 5.91 Å². The Morgan fingerprint density at radius 1 is 0.860 bits per heavy atom. The zero-order chi connectivity index (χ0) is 36.5. The van der Waals surface area contributed by atoms with Crippen molar-refractivity contribution in [1.82, 2.24) is 30.0 Å². The number of carbonyl (C=O) groups excluding carboxylic acids is 5. The maximum Gasteiger partial charge on any atom is 0.408 e. The average molecular weight is 690 g/mol. The normalized spacial score (nSPS) is 14.7. The van der Waals surface area contributed by atoms with Crippen LogP contribution >= 0.6 is 0 Å². The van der Waals surface area contributed by atoms with E-state index in [0.29, 0.717) is 26.2 Å². The molecule has 1 saturated heterocycles. The van der Waals surface area contributed by atoms with Crippen LogP contribution in [0.1, 0.15) is 58.7 Å². The number of anilines is 1. The Balaban J connectivity index is 1.50. The third-order valence-electron chi connectivity index (χ3n) is 7.94. The summed E-state index contributed by atoms with van der Waals surface area (Å²) in [7, 11) is 0. The number of nitrogens with zero attached hydrogens (tertiary/aromatic N) is 4. The first kappa shape index (κ1) is 37.6. The van der Waals surface area contributed by atoms with Crippen LogP contribution in [0.2, 0.25) is 0 Å². The number of nitrogens with one attached hydrogen (secondary N) is 3. The van der Waals surface area contributed by atoms with Crippen LogP contribution in [0.15, 0.2) is 73.2 Å². The van der Waals surface area contributed by atoms with Gasteiger partial charge in [0.15, 0.2) is 5.82 Å². The lowest BCUT2D eigenvalue weighted by molar-refractivity contribution is -0.139. The second-order valence-corrected chi connectivity index (χ2v) is 13.6. The van der Waals surface area contributed by atoms with E-state index in [1.807, 2.05) is 60.7 Å². The quantitative estimate of drug-likeness (QED) is 0.261. The molecule has 14 nitrogen and oxygen atoms in total. The number of benzene rings is 2. The molecule has 0 aliphatic carbocycles. The van der Waals surface area contributed by atoms with Crippen molar-refractivity contribution >= 4 is 35.5 Å². The van der Waals surface area contributed by atoms with Crippen LogP contribution in [0.3, 0.4) is 0 Å². The Hall–Kier alpha value is -5.24. The molecule has 0 spiro atoms. The molecule has 1 aromatic heterocycles. The van der Waals surface area contributed by atoms with E-state index in [4.69, 9.17) is 9.47 Å². The summed E-state index contributed by atoms with van der Waals surface area (Å²) in [5.41, 5.74) is -0.618. The lowest BCUT2D eigenvalue weighted by atomic mass is 10.0. The fraction of sp³-hybridized carbons (Fsp3) is 0.444. The second-order valence-electron chi connectivity index (χ2n) is 13.6. The van der Waals surface area contributed by atoms with Crippen LogP contribution in [0.4, 0.5) is 10.6 Å². The number of carbonyl (C=O) groups is 5. The third kappa shape index (κ3) is 10.6. The van der Waals surface area contributed by atoms with Crippen LogP contribution in [0.25, 0.3) is 0 Å². The van der Waals surface area contributed by atoms with Crippen LogP contribution in [0, 0.1) is 0 Å². The molecule has 0 radical (unpaired) electrons. The monoisotopic (exact) mass is 689 g/mol. The van der Waals surface area contributed by atoms with E-state index in [0.717, 1.165) is 11.1 Å². The summed E-state index contributed by atoms with van der Waals surface area (Å²) in [6, 6.07) is 16.6. The van der Waals surface area contributed by atoms with Crippen molar-refractivity contribution in [3.8, 4) is 0 Å². The second kappa shape index (κ2) is 16.4. The van der Waals surface area contributed by atoms with Gasteiger partial charge in [0.2, 0.25) is 17.7 Å². The van der Waals surface area contributed by atoms with E-state index >= 15 is 0 Å². The summed E-state index contributed by atoms with van der Waals surface area (Å²) in [6.45, 7) is 11.3. The van der Waals surface area contributed by atoms with Crippen molar-refractivity contribution < 1.29 is 33.4 Å². The predicted octanol–water partition coefficient (Wildman–Crippen LogP) is 3.11.